The Morgan fingerprint density at radius 2 is 1.96 bits per heavy atom. The maximum Gasteiger partial charge on any atom is 0.228 e. The van der Waals surface area contributed by atoms with Gasteiger partial charge in [0.15, 0.2) is 0 Å². The van der Waals surface area contributed by atoms with Crippen LogP contribution in [0.2, 0.25) is 0 Å². The van der Waals surface area contributed by atoms with E-state index in [4.69, 9.17) is 0 Å². The molecule has 1 heterocycles. The lowest BCUT2D eigenvalue weighted by Gasteiger charge is -2.59. The molecule has 6 heteroatoms. The molecule has 1 aromatic heterocycles. The van der Waals surface area contributed by atoms with E-state index in [1.165, 1.54) is 19.3 Å². The van der Waals surface area contributed by atoms with Crippen molar-refractivity contribution in [2.75, 3.05) is 20.1 Å². The number of carbonyl (C=O) groups excluding carboxylic acids is 2. The number of rotatable bonds is 6. The summed E-state index contributed by atoms with van der Waals surface area (Å²) in [6.45, 7) is 8.85. The highest BCUT2D eigenvalue weighted by atomic mass is 16.2. The Labute approximate surface area is 156 Å². The Hall–Kier alpha value is -1.85. The van der Waals surface area contributed by atoms with Crippen LogP contribution in [0.15, 0.2) is 0 Å². The molecule has 0 saturated heterocycles. The molecule has 2 amide bonds. The fourth-order valence-electron chi connectivity index (χ4n) is 5.18. The van der Waals surface area contributed by atoms with E-state index in [-0.39, 0.29) is 23.1 Å². The van der Waals surface area contributed by atoms with Gasteiger partial charge < -0.3 is 10.2 Å². The minimum atomic E-state index is -0.252. The third kappa shape index (κ3) is 3.26. The van der Waals surface area contributed by atoms with Crippen LogP contribution < -0.4 is 5.32 Å². The van der Waals surface area contributed by atoms with Gasteiger partial charge in [0.2, 0.25) is 11.8 Å². The van der Waals surface area contributed by atoms with Crippen molar-refractivity contribution >= 4 is 11.8 Å². The van der Waals surface area contributed by atoms with Crippen LogP contribution in [0.25, 0.3) is 0 Å². The largest absolute Gasteiger partial charge is 0.354 e. The van der Waals surface area contributed by atoms with E-state index in [0.717, 1.165) is 29.8 Å². The van der Waals surface area contributed by atoms with Crippen molar-refractivity contribution in [1.82, 2.24) is 20.4 Å². The lowest BCUT2D eigenvalue weighted by Crippen LogP contribution is -2.56. The van der Waals surface area contributed by atoms with E-state index in [1.54, 1.807) is 4.90 Å². The Kier molecular flexibility index (Phi) is 4.88. The molecule has 1 unspecified atom stereocenters. The molecular formula is C20H32N4O2. The minimum absolute atomic E-state index is 0.0262. The summed E-state index contributed by atoms with van der Waals surface area (Å²) in [5, 5.41) is 10.0. The van der Waals surface area contributed by atoms with E-state index in [0.29, 0.717) is 18.5 Å². The number of nitrogens with zero attached hydrogens (tertiary/aromatic N) is 2. The van der Waals surface area contributed by atoms with Crippen LogP contribution in [-0.4, -0.2) is 47.0 Å². The molecule has 2 N–H and O–H groups in total. The van der Waals surface area contributed by atoms with Crippen molar-refractivity contribution < 1.29 is 9.59 Å². The molecular weight excluding hydrogens is 328 g/mol. The zero-order valence-electron chi connectivity index (χ0n) is 16.7. The van der Waals surface area contributed by atoms with Crippen LogP contribution in [-0.2, 0) is 9.59 Å². The van der Waals surface area contributed by atoms with E-state index in [2.05, 4.69) is 22.4 Å². The second kappa shape index (κ2) is 6.71. The van der Waals surface area contributed by atoms with Crippen LogP contribution in [0.5, 0.6) is 0 Å². The van der Waals surface area contributed by atoms with E-state index >= 15 is 0 Å². The van der Waals surface area contributed by atoms with Crippen molar-refractivity contribution in [2.45, 2.75) is 65.7 Å². The van der Waals surface area contributed by atoms with Gasteiger partial charge in [-0.2, -0.15) is 5.10 Å². The number of aromatic amines is 1. The number of carbonyl (C=O) groups is 2. The van der Waals surface area contributed by atoms with Crippen molar-refractivity contribution in [1.29, 1.82) is 0 Å². The summed E-state index contributed by atoms with van der Waals surface area (Å²) < 4.78 is 0. The highest BCUT2D eigenvalue weighted by Gasteiger charge is 2.58. The maximum atomic E-state index is 12.8. The highest BCUT2D eigenvalue weighted by molar-refractivity contribution is 5.84. The molecule has 0 bridgehead atoms. The molecule has 0 aromatic carbocycles. The second-order valence-electron chi connectivity index (χ2n) is 8.85. The van der Waals surface area contributed by atoms with E-state index in [1.807, 2.05) is 27.8 Å². The third-order valence-corrected chi connectivity index (χ3v) is 6.57. The van der Waals surface area contributed by atoms with Crippen molar-refractivity contribution in [3.05, 3.63) is 17.0 Å². The van der Waals surface area contributed by atoms with Crippen molar-refractivity contribution in [2.24, 2.45) is 10.8 Å². The van der Waals surface area contributed by atoms with Gasteiger partial charge in [-0.25, -0.2) is 0 Å². The number of aryl methyl sites for hydroxylation is 2. The average Bonchev–Trinajstić information content (AvgIpc) is 2.87. The number of aromatic nitrogens is 2. The number of nitrogens with one attached hydrogen (secondary N) is 2. The molecule has 6 nitrogen and oxygen atoms in total. The Bertz CT molecular complexity index is 677. The topological polar surface area (TPSA) is 78.1 Å². The smallest absolute Gasteiger partial charge is 0.228 e. The normalized spacial score (nSPS) is 20.8. The summed E-state index contributed by atoms with van der Waals surface area (Å²) in [6.07, 6.45) is 5.97. The molecule has 2 aliphatic carbocycles. The van der Waals surface area contributed by atoms with Gasteiger partial charge in [-0.3, -0.25) is 14.7 Å². The molecule has 0 aliphatic heterocycles. The molecule has 144 valence electrons. The number of hydrogen-bond acceptors (Lipinski definition) is 3. The van der Waals surface area contributed by atoms with Gasteiger partial charge in [-0.1, -0.05) is 13.3 Å². The quantitative estimate of drug-likeness (QED) is 0.819. The van der Waals surface area contributed by atoms with Gasteiger partial charge in [0, 0.05) is 36.8 Å². The van der Waals surface area contributed by atoms with Gasteiger partial charge in [-0.15, -0.1) is 0 Å². The van der Waals surface area contributed by atoms with Crippen LogP contribution in [0.4, 0.5) is 0 Å². The first-order valence-electron chi connectivity index (χ1n) is 9.72. The van der Waals surface area contributed by atoms with Crippen molar-refractivity contribution in [3.63, 3.8) is 0 Å². The first-order chi connectivity index (χ1) is 12.2. The Morgan fingerprint density at radius 1 is 1.31 bits per heavy atom. The summed E-state index contributed by atoms with van der Waals surface area (Å²) in [4.78, 5) is 27.0. The van der Waals surface area contributed by atoms with Crippen molar-refractivity contribution in [3.8, 4) is 0 Å². The molecule has 1 atom stereocenters. The molecule has 2 fully saturated rings. The maximum absolute atomic E-state index is 12.8. The molecule has 3 rings (SSSR count). The molecule has 0 radical (unpaired) electrons. The number of amides is 2. The number of H-pyrrole nitrogens is 1. The van der Waals surface area contributed by atoms with Crippen LogP contribution in [0, 0.1) is 24.7 Å². The molecule has 1 aromatic rings. The number of hydrogen-bond donors (Lipinski definition) is 2. The van der Waals surface area contributed by atoms with Gasteiger partial charge in [0.1, 0.15) is 0 Å². The minimum Gasteiger partial charge on any atom is -0.354 e. The van der Waals surface area contributed by atoms with E-state index < -0.39 is 0 Å². The zero-order valence-corrected chi connectivity index (χ0v) is 16.7. The predicted molar refractivity (Wildman–Crippen MR) is 101 cm³/mol. The average molecular weight is 361 g/mol. The summed E-state index contributed by atoms with van der Waals surface area (Å²) in [6, 6.07) is 0. The first-order valence-corrected chi connectivity index (χ1v) is 9.72. The van der Waals surface area contributed by atoms with Gasteiger partial charge in [0.05, 0.1) is 11.6 Å². The standard InChI is InChI=1S/C20H32N4O2/c1-13(16-14(2)22-23-15(16)3)17(25)21-9-10-24(5)18(26)19(4)11-20(12-19)7-6-8-20/h13H,6-12H2,1-5H3,(H,21,25)(H,22,23). The van der Waals surface area contributed by atoms with Gasteiger partial charge in [0.25, 0.3) is 0 Å². The second-order valence-corrected chi connectivity index (χ2v) is 8.85. The Balaban J connectivity index is 1.45. The first kappa shape index (κ1) is 18.9. The van der Waals surface area contributed by atoms with Crippen LogP contribution in [0.1, 0.15) is 68.8 Å². The third-order valence-electron chi connectivity index (χ3n) is 6.57. The lowest BCUT2D eigenvalue weighted by atomic mass is 9.45. The zero-order chi connectivity index (χ0) is 19.1. The van der Waals surface area contributed by atoms with Gasteiger partial charge in [-0.05, 0) is 51.9 Å². The number of likely N-dealkylation sites (N-methyl/N-ethyl adjacent to an activating group) is 1. The molecule has 2 aliphatic rings. The fraction of sp³-hybridized carbons (Fsp3) is 0.750. The fourth-order valence-corrected chi connectivity index (χ4v) is 5.18. The lowest BCUT2D eigenvalue weighted by molar-refractivity contribution is -0.162. The molecule has 26 heavy (non-hydrogen) atoms. The summed E-state index contributed by atoms with van der Waals surface area (Å²) in [5.74, 6) is -0.0575. The highest BCUT2D eigenvalue weighted by Crippen LogP contribution is 2.64. The SMILES string of the molecule is Cc1n[nH]c(C)c1C(C)C(=O)NCCN(C)C(=O)C1(C)CC2(CCC2)C1. The summed E-state index contributed by atoms with van der Waals surface area (Å²) in [7, 11) is 1.85. The Morgan fingerprint density at radius 3 is 2.46 bits per heavy atom. The molecule has 1 spiro atoms. The van der Waals surface area contributed by atoms with Gasteiger partial charge >= 0.3 is 0 Å². The monoisotopic (exact) mass is 360 g/mol. The predicted octanol–water partition coefficient (Wildman–Crippen LogP) is 2.68. The summed E-state index contributed by atoms with van der Waals surface area (Å²) in [5.41, 5.74) is 3.03. The van der Waals surface area contributed by atoms with Crippen LogP contribution >= 0.6 is 0 Å². The van der Waals surface area contributed by atoms with Crippen LogP contribution in [0.3, 0.4) is 0 Å². The molecule has 2 saturated carbocycles. The van der Waals surface area contributed by atoms with E-state index in [9.17, 15) is 9.59 Å². The summed E-state index contributed by atoms with van der Waals surface area (Å²) >= 11 is 0.